The Morgan fingerprint density at radius 2 is 1.23 bits per heavy atom. The maximum Gasteiger partial charge on any atom is 0.123 e. The van der Waals surface area contributed by atoms with Crippen molar-refractivity contribution >= 4 is 0 Å². The Morgan fingerprint density at radius 3 is 1.71 bits per heavy atom. The van der Waals surface area contributed by atoms with E-state index in [2.05, 4.69) is 44.3 Å². The van der Waals surface area contributed by atoms with Crippen LogP contribution in [0.5, 0.6) is 17.2 Å². The first-order valence-corrected chi connectivity index (χ1v) is 10.7. The number of ether oxygens (including phenoxy) is 3. The van der Waals surface area contributed by atoms with Gasteiger partial charge in [-0.3, -0.25) is 0 Å². The monoisotopic (exact) mass is 414 g/mol. The summed E-state index contributed by atoms with van der Waals surface area (Å²) in [7, 11) is 0. The number of benzene rings is 3. The SMILES string of the molecule is C=CCOc1ccccc1C(c1ccc(OCCC)cc1)c1ccccc1OCC=C. The smallest absolute Gasteiger partial charge is 0.123 e. The second kappa shape index (κ2) is 11.7. The van der Waals surface area contributed by atoms with Gasteiger partial charge in [-0.1, -0.05) is 80.8 Å². The van der Waals surface area contributed by atoms with Gasteiger partial charge in [0.1, 0.15) is 30.5 Å². The molecule has 3 rings (SSSR count). The van der Waals surface area contributed by atoms with E-state index in [9.17, 15) is 0 Å². The van der Waals surface area contributed by atoms with Gasteiger partial charge in [0, 0.05) is 17.0 Å². The molecule has 160 valence electrons. The van der Waals surface area contributed by atoms with Crippen molar-refractivity contribution < 1.29 is 14.2 Å². The zero-order chi connectivity index (χ0) is 21.9. The minimum absolute atomic E-state index is 0.0674. The lowest BCUT2D eigenvalue weighted by Crippen LogP contribution is -2.09. The summed E-state index contributed by atoms with van der Waals surface area (Å²) < 4.78 is 17.8. The molecule has 0 N–H and O–H groups in total. The molecule has 3 aromatic carbocycles. The average molecular weight is 415 g/mol. The van der Waals surface area contributed by atoms with Crippen LogP contribution in [0.3, 0.4) is 0 Å². The lowest BCUT2D eigenvalue weighted by molar-refractivity contribution is 0.317. The van der Waals surface area contributed by atoms with Crippen LogP contribution in [0.25, 0.3) is 0 Å². The molecule has 0 unspecified atom stereocenters. The molecule has 0 aliphatic rings. The van der Waals surface area contributed by atoms with Crippen molar-refractivity contribution in [1.29, 1.82) is 0 Å². The molecule has 0 atom stereocenters. The highest BCUT2D eigenvalue weighted by Crippen LogP contribution is 2.41. The predicted molar refractivity (Wildman–Crippen MR) is 127 cm³/mol. The minimum Gasteiger partial charge on any atom is -0.494 e. The Bertz CT molecular complexity index is 920. The van der Waals surface area contributed by atoms with Crippen LogP contribution in [0.15, 0.2) is 98.1 Å². The lowest BCUT2D eigenvalue weighted by atomic mass is 9.84. The van der Waals surface area contributed by atoms with Crippen molar-refractivity contribution in [2.24, 2.45) is 0 Å². The Balaban J connectivity index is 2.10. The molecular formula is C28H30O3. The van der Waals surface area contributed by atoms with Gasteiger partial charge in [0.2, 0.25) is 0 Å². The van der Waals surface area contributed by atoms with Gasteiger partial charge >= 0.3 is 0 Å². The topological polar surface area (TPSA) is 27.7 Å². The quantitative estimate of drug-likeness (QED) is 0.241. The minimum atomic E-state index is -0.0674. The van der Waals surface area contributed by atoms with Crippen LogP contribution in [0.2, 0.25) is 0 Å². The van der Waals surface area contributed by atoms with Gasteiger partial charge < -0.3 is 14.2 Å². The maximum absolute atomic E-state index is 6.01. The molecule has 3 nitrogen and oxygen atoms in total. The summed E-state index contributed by atoms with van der Waals surface area (Å²) in [6.07, 6.45) is 4.49. The van der Waals surface area contributed by atoms with E-state index in [0.717, 1.165) is 40.4 Å². The van der Waals surface area contributed by atoms with Crippen LogP contribution in [0, 0.1) is 0 Å². The normalized spacial score (nSPS) is 10.5. The first kappa shape index (κ1) is 22.2. The standard InChI is InChI=1S/C28H30O3/c1-4-19-29-23-17-15-22(16-18-23)28(24-11-7-9-13-26(24)30-20-5-2)25-12-8-10-14-27(25)31-21-6-3/h5-18,28H,2-4,19-21H2,1H3. The molecule has 0 aliphatic heterocycles. The van der Waals surface area contributed by atoms with Gasteiger partial charge in [-0.15, -0.1) is 0 Å². The van der Waals surface area contributed by atoms with Crippen molar-refractivity contribution in [3.63, 3.8) is 0 Å². The first-order chi connectivity index (χ1) is 15.3. The zero-order valence-corrected chi connectivity index (χ0v) is 18.1. The molecule has 0 spiro atoms. The van der Waals surface area contributed by atoms with Gasteiger partial charge in [-0.25, -0.2) is 0 Å². The van der Waals surface area contributed by atoms with E-state index in [1.54, 1.807) is 12.2 Å². The van der Waals surface area contributed by atoms with Crippen molar-refractivity contribution in [1.82, 2.24) is 0 Å². The Morgan fingerprint density at radius 1 is 0.710 bits per heavy atom. The fourth-order valence-electron chi connectivity index (χ4n) is 3.50. The molecule has 3 heteroatoms. The van der Waals surface area contributed by atoms with E-state index in [-0.39, 0.29) is 5.92 Å². The molecule has 31 heavy (non-hydrogen) atoms. The Labute approximate surface area is 185 Å². The summed E-state index contributed by atoms with van der Waals surface area (Å²) in [4.78, 5) is 0. The molecule has 0 saturated heterocycles. The highest BCUT2D eigenvalue weighted by Gasteiger charge is 2.23. The summed E-state index contributed by atoms with van der Waals surface area (Å²) in [5, 5.41) is 0. The van der Waals surface area contributed by atoms with Crippen molar-refractivity contribution in [3.8, 4) is 17.2 Å². The Hall–Kier alpha value is -3.46. The van der Waals surface area contributed by atoms with Crippen LogP contribution >= 0.6 is 0 Å². The van der Waals surface area contributed by atoms with Crippen molar-refractivity contribution in [2.45, 2.75) is 19.3 Å². The second-order valence-electron chi connectivity index (χ2n) is 7.13. The Kier molecular flexibility index (Phi) is 8.36. The first-order valence-electron chi connectivity index (χ1n) is 10.7. The lowest BCUT2D eigenvalue weighted by Gasteiger charge is -2.24. The molecule has 0 radical (unpaired) electrons. The maximum atomic E-state index is 6.01. The molecule has 0 amide bonds. The van der Waals surface area contributed by atoms with Crippen LogP contribution in [-0.4, -0.2) is 19.8 Å². The second-order valence-corrected chi connectivity index (χ2v) is 7.13. The molecule has 0 aliphatic carbocycles. The highest BCUT2D eigenvalue weighted by atomic mass is 16.5. The fraction of sp³-hybridized carbons (Fsp3) is 0.214. The molecule has 0 aromatic heterocycles. The van der Waals surface area contributed by atoms with Crippen LogP contribution in [0.4, 0.5) is 0 Å². The summed E-state index contributed by atoms with van der Waals surface area (Å²) in [6.45, 7) is 11.3. The van der Waals surface area contributed by atoms with E-state index < -0.39 is 0 Å². The predicted octanol–water partition coefficient (Wildman–Crippen LogP) is 6.79. The van der Waals surface area contributed by atoms with Gasteiger partial charge in [0.25, 0.3) is 0 Å². The van der Waals surface area contributed by atoms with Crippen LogP contribution < -0.4 is 14.2 Å². The van der Waals surface area contributed by atoms with Crippen molar-refractivity contribution in [3.05, 3.63) is 115 Å². The van der Waals surface area contributed by atoms with Gasteiger partial charge in [-0.2, -0.15) is 0 Å². The van der Waals surface area contributed by atoms with Gasteiger partial charge in [-0.05, 0) is 36.2 Å². The van der Waals surface area contributed by atoms with Crippen LogP contribution in [0.1, 0.15) is 36.0 Å². The highest BCUT2D eigenvalue weighted by molar-refractivity contribution is 5.53. The summed E-state index contributed by atoms with van der Waals surface area (Å²) in [6, 6.07) is 24.5. The van der Waals surface area contributed by atoms with Gasteiger partial charge in [0.15, 0.2) is 0 Å². The average Bonchev–Trinajstić information content (AvgIpc) is 2.82. The van der Waals surface area contributed by atoms with E-state index in [1.807, 2.05) is 48.5 Å². The largest absolute Gasteiger partial charge is 0.494 e. The molecule has 3 aromatic rings. The number of para-hydroxylation sites is 2. The third-order valence-corrected chi connectivity index (χ3v) is 4.86. The molecule has 0 fully saturated rings. The van der Waals surface area contributed by atoms with E-state index in [1.165, 1.54) is 0 Å². The van der Waals surface area contributed by atoms with E-state index in [4.69, 9.17) is 14.2 Å². The fourth-order valence-corrected chi connectivity index (χ4v) is 3.50. The third-order valence-electron chi connectivity index (χ3n) is 4.86. The van der Waals surface area contributed by atoms with Crippen molar-refractivity contribution in [2.75, 3.05) is 19.8 Å². The third kappa shape index (κ3) is 5.79. The molecule has 0 saturated carbocycles. The number of rotatable bonds is 12. The zero-order valence-electron chi connectivity index (χ0n) is 18.1. The number of hydrogen-bond acceptors (Lipinski definition) is 3. The van der Waals surface area contributed by atoms with Crippen LogP contribution in [-0.2, 0) is 0 Å². The molecular weight excluding hydrogens is 384 g/mol. The van der Waals surface area contributed by atoms with Gasteiger partial charge in [0.05, 0.1) is 6.61 Å². The molecule has 0 bridgehead atoms. The molecule has 0 heterocycles. The van der Waals surface area contributed by atoms with E-state index >= 15 is 0 Å². The number of hydrogen-bond donors (Lipinski definition) is 0. The summed E-state index contributed by atoms with van der Waals surface area (Å²) in [5.74, 6) is 2.47. The summed E-state index contributed by atoms with van der Waals surface area (Å²) in [5.41, 5.74) is 3.27. The van der Waals surface area contributed by atoms with E-state index in [0.29, 0.717) is 19.8 Å². The summed E-state index contributed by atoms with van der Waals surface area (Å²) >= 11 is 0.